The first-order chi connectivity index (χ1) is 10.9. The van der Waals surface area contributed by atoms with Crippen LogP contribution in [-0.2, 0) is 18.4 Å². The van der Waals surface area contributed by atoms with Crippen LogP contribution >= 0.6 is 0 Å². The number of aryl methyl sites for hydroxylation is 2. The van der Waals surface area contributed by atoms with Crippen LogP contribution in [0.15, 0.2) is 30.3 Å². The highest BCUT2D eigenvalue weighted by atomic mass is 16.5. The molecule has 0 unspecified atom stereocenters. The zero-order valence-corrected chi connectivity index (χ0v) is 13.3. The van der Waals surface area contributed by atoms with E-state index in [-0.39, 0.29) is 12.5 Å². The minimum Gasteiger partial charge on any atom is -0.482 e. The van der Waals surface area contributed by atoms with Crippen molar-refractivity contribution < 1.29 is 19.4 Å². The summed E-state index contributed by atoms with van der Waals surface area (Å²) in [5.74, 6) is -0.699. The standard InChI is InChI=1S/C16H19N3O4/c1-11-8-14(17-19(11)3)16(22)18(2)9-12-4-6-13(7-5-12)23-10-15(20)21/h4-8H,9-10H2,1-3H3,(H,20,21). The van der Waals surface area contributed by atoms with Gasteiger partial charge in [-0.2, -0.15) is 5.10 Å². The molecule has 1 aromatic heterocycles. The third-order valence-electron chi connectivity index (χ3n) is 3.39. The van der Waals surface area contributed by atoms with Crippen LogP contribution in [0.5, 0.6) is 5.75 Å². The van der Waals surface area contributed by atoms with Crippen molar-refractivity contribution in [2.24, 2.45) is 7.05 Å². The maximum absolute atomic E-state index is 12.3. The Hall–Kier alpha value is -2.83. The van der Waals surface area contributed by atoms with Crippen LogP contribution < -0.4 is 4.74 Å². The summed E-state index contributed by atoms with van der Waals surface area (Å²) in [4.78, 5) is 24.3. The number of aromatic nitrogens is 2. The Kier molecular flexibility index (Phi) is 5.00. The fraction of sp³-hybridized carbons (Fsp3) is 0.312. The van der Waals surface area contributed by atoms with Gasteiger partial charge >= 0.3 is 5.97 Å². The molecular weight excluding hydrogens is 298 g/mol. The third-order valence-corrected chi connectivity index (χ3v) is 3.39. The van der Waals surface area contributed by atoms with Gasteiger partial charge in [-0.25, -0.2) is 4.79 Å². The van der Waals surface area contributed by atoms with Crippen molar-refractivity contribution in [2.75, 3.05) is 13.7 Å². The number of carboxylic acid groups (broad SMARTS) is 1. The van der Waals surface area contributed by atoms with E-state index in [1.54, 1.807) is 54.0 Å². The second kappa shape index (κ2) is 6.95. The van der Waals surface area contributed by atoms with E-state index in [0.29, 0.717) is 18.0 Å². The van der Waals surface area contributed by atoms with Crippen molar-refractivity contribution >= 4 is 11.9 Å². The summed E-state index contributed by atoms with van der Waals surface area (Å²) in [6.45, 7) is 1.93. The van der Waals surface area contributed by atoms with E-state index in [2.05, 4.69) is 5.10 Å². The average molecular weight is 317 g/mol. The van der Waals surface area contributed by atoms with Crippen LogP contribution in [0, 0.1) is 6.92 Å². The molecule has 1 aromatic carbocycles. The van der Waals surface area contributed by atoms with E-state index in [0.717, 1.165) is 11.3 Å². The lowest BCUT2D eigenvalue weighted by atomic mass is 10.2. The van der Waals surface area contributed by atoms with Crippen molar-refractivity contribution in [2.45, 2.75) is 13.5 Å². The Morgan fingerprint density at radius 3 is 2.48 bits per heavy atom. The fourth-order valence-corrected chi connectivity index (χ4v) is 2.04. The zero-order chi connectivity index (χ0) is 17.0. The van der Waals surface area contributed by atoms with Crippen LogP contribution in [0.3, 0.4) is 0 Å². The molecule has 0 aliphatic carbocycles. The summed E-state index contributed by atoms with van der Waals surface area (Å²) in [5, 5.41) is 12.7. The molecule has 122 valence electrons. The molecule has 23 heavy (non-hydrogen) atoms. The van der Waals surface area contributed by atoms with E-state index in [1.165, 1.54) is 0 Å². The molecule has 0 atom stereocenters. The van der Waals surface area contributed by atoms with Crippen LogP contribution in [0.2, 0.25) is 0 Å². The Morgan fingerprint density at radius 2 is 1.96 bits per heavy atom. The largest absolute Gasteiger partial charge is 0.482 e. The maximum Gasteiger partial charge on any atom is 0.341 e. The summed E-state index contributed by atoms with van der Waals surface area (Å²) in [6.07, 6.45) is 0. The van der Waals surface area contributed by atoms with Crippen LogP contribution in [-0.4, -0.2) is 45.3 Å². The van der Waals surface area contributed by atoms with E-state index in [4.69, 9.17) is 9.84 Å². The van der Waals surface area contributed by atoms with Crippen molar-refractivity contribution in [1.82, 2.24) is 14.7 Å². The predicted octanol–water partition coefficient (Wildman–Crippen LogP) is 1.46. The highest BCUT2D eigenvalue weighted by Gasteiger charge is 2.16. The number of benzene rings is 1. The number of carbonyl (C=O) groups is 2. The molecule has 0 radical (unpaired) electrons. The van der Waals surface area contributed by atoms with Gasteiger partial charge in [0.05, 0.1) is 0 Å². The molecule has 0 aliphatic rings. The summed E-state index contributed by atoms with van der Waals surface area (Å²) in [5.41, 5.74) is 2.24. The molecule has 2 aromatic rings. The number of ether oxygens (including phenoxy) is 1. The van der Waals surface area contributed by atoms with Gasteiger partial charge in [0.2, 0.25) is 0 Å². The summed E-state index contributed by atoms with van der Waals surface area (Å²) >= 11 is 0. The number of nitrogens with zero attached hydrogens (tertiary/aromatic N) is 3. The fourth-order valence-electron chi connectivity index (χ4n) is 2.04. The van der Waals surface area contributed by atoms with Gasteiger partial charge in [-0.3, -0.25) is 9.48 Å². The molecule has 0 fully saturated rings. The number of carbonyl (C=O) groups excluding carboxylic acids is 1. The summed E-state index contributed by atoms with van der Waals surface area (Å²) in [7, 11) is 3.50. The van der Waals surface area contributed by atoms with Crippen molar-refractivity contribution in [3.63, 3.8) is 0 Å². The molecule has 1 heterocycles. The SMILES string of the molecule is Cc1cc(C(=O)N(C)Cc2ccc(OCC(=O)O)cc2)nn1C. The molecule has 1 N–H and O–H groups in total. The number of rotatable bonds is 6. The highest BCUT2D eigenvalue weighted by Crippen LogP contribution is 2.14. The second-order valence-electron chi connectivity index (χ2n) is 5.28. The van der Waals surface area contributed by atoms with E-state index < -0.39 is 5.97 Å². The lowest BCUT2D eigenvalue weighted by molar-refractivity contribution is -0.139. The molecule has 7 nitrogen and oxygen atoms in total. The quantitative estimate of drug-likeness (QED) is 0.872. The smallest absolute Gasteiger partial charge is 0.341 e. The minimum absolute atomic E-state index is 0.153. The average Bonchev–Trinajstić information content (AvgIpc) is 2.85. The highest BCUT2D eigenvalue weighted by molar-refractivity contribution is 5.92. The molecule has 0 saturated heterocycles. The minimum atomic E-state index is -1.02. The Bertz CT molecular complexity index is 687. The van der Waals surface area contributed by atoms with Crippen LogP contribution in [0.25, 0.3) is 0 Å². The van der Waals surface area contributed by atoms with Crippen molar-refractivity contribution in [1.29, 1.82) is 0 Å². The maximum atomic E-state index is 12.3. The number of amides is 1. The lowest BCUT2D eigenvalue weighted by Crippen LogP contribution is -2.26. The van der Waals surface area contributed by atoms with Gasteiger partial charge in [0, 0.05) is 26.3 Å². The first-order valence-electron chi connectivity index (χ1n) is 7.06. The number of hydrogen-bond acceptors (Lipinski definition) is 4. The van der Waals surface area contributed by atoms with E-state index in [1.807, 2.05) is 6.92 Å². The van der Waals surface area contributed by atoms with Crippen molar-refractivity contribution in [3.05, 3.63) is 47.3 Å². The van der Waals surface area contributed by atoms with Gasteiger partial charge in [0.25, 0.3) is 5.91 Å². The topological polar surface area (TPSA) is 84.7 Å². The molecule has 2 rings (SSSR count). The molecule has 0 spiro atoms. The Labute approximate surface area is 134 Å². The third kappa shape index (κ3) is 4.32. The van der Waals surface area contributed by atoms with Crippen molar-refractivity contribution in [3.8, 4) is 5.75 Å². The van der Waals surface area contributed by atoms with Gasteiger partial charge < -0.3 is 14.7 Å². The molecule has 0 aliphatic heterocycles. The van der Waals surface area contributed by atoms with Gasteiger partial charge in [0.15, 0.2) is 12.3 Å². The monoisotopic (exact) mass is 317 g/mol. The van der Waals surface area contributed by atoms with Crippen LogP contribution in [0.4, 0.5) is 0 Å². The summed E-state index contributed by atoms with van der Waals surface area (Å²) in [6, 6.07) is 8.71. The zero-order valence-electron chi connectivity index (χ0n) is 13.3. The molecule has 1 amide bonds. The lowest BCUT2D eigenvalue weighted by Gasteiger charge is -2.16. The first kappa shape index (κ1) is 16.5. The van der Waals surface area contributed by atoms with Gasteiger partial charge in [-0.05, 0) is 30.7 Å². The number of hydrogen-bond donors (Lipinski definition) is 1. The van der Waals surface area contributed by atoms with Gasteiger partial charge in [-0.1, -0.05) is 12.1 Å². The number of aliphatic carboxylic acids is 1. The molecule has 7 heteroatoms. The Morgan fingerprint density at radius 1 is 1.30 bits per heavy atom. The second-order valence-corrected chi connectivity index (χ2v) is 5.28. The first-order valence-corrected chi connectivity index (χ1v) is 7.06. The summed E-state index contributed by atoms with van der Waals surface area (Å²) < 4.78 is 6.73. The van der Waals surface area contributed by atoms with E-state index in [9.17, 15) is 9.59 Å². The molecular formula is C16H19N3O4. The Balaban J connectivity index is 1.98. The number of carboxylic acids is 1. The normalized spacial score (nSPS) is 10.4. The van der Waals surface area contributed by atoms with Gasteiger partial charge in [0.1, 0.15) is 5.75 Å². The predicted molar refractivity (Wildman–Crippen MR) is 83.3 cm³/mol. The van der Waals surface area contributed by atoms with Crippen LogP contribution in [0.1, 0.15) is 21.7 Å². The molecule has 0 saturated carbocycles. The molecule has 0 bridgehead atoms. The van der Waals surface area contributed by atoms with Gasteiger partial charge in [-0.15, -0.1) is 0 Å². The van der Waals surface area contributed by atoms with E-state index >= 15 is 0 Å².